The molecule has 1 aromatic carbocycles. The van der Waals surface area contributed by atoms with E-state index in [4.69, 9.17) is 0 Å². The average Bonchev–Trinajstić information content (AvgIpc) is 2.56. The molecule has 0 saturated heterocycles. The molecular weight excluding hydrogens is 218 g/mol. The molecule has 1 saturated carbocycles. The molecule has 1 aliphatic rings. The van der Waals surface area contributed by atoms with Gasteiger partial charge < -0.3 is 5.32 Å². The normalized spacial score (nSPS) is 24.8. The summed E-state index contributed by atoms with van der Waals surface area (Å²) in [5.74, 6) is 0.929. The topological polar surface area (TPSA) is 12.0 Å². The first-order chi connectivity index (χ1) is 8.65. The Labute approximate surface area is 112 Å². The van der Waals surface area contributed by atoms with Crippen LogP contribution < -0.4 is 5.32 Å². The number of hydrogen-bond acceptors (Lipinski definition) is 1. The third kappa shape index (κ3) is 3.84. The summed E-state index contributed by atoms with van der Waals surface area (Å²) in [5, 5.41) is 3.75. The van der Waals surface area contributed by atoms with Crippen LogP contribution in [-0.2, 0) is 6.54 Å². The van der Waals surface area contributed by atoms with Crippen LogP contribution in [-0.4, -0.2) is 6.04 Å². The highest BCUT2D eigenvalue weighted by Gasteiger charge is 2.15. The monoisotopic (exact) mass is 245 g/mol. The number of aryl methyl sites for hydroxylation is 2. The molecule has 1 N–H and O–H groups in total. The molecule has 18 heavy (non-hydrogen) atoms. The number of nitrogens with one attached hydrogen (secondary N) is 1. The largest absolute Gasteiger partial charge is 0.310 e. The highest BCUT2D eigenvalue weighted by atomic mass is 14.9. The van der Waals surface area contributed by atoms with Crippen molar-refractivity contribution in [2.75, 3.05) is 0 Å². The first-order valence-electron chi connectivity index (χ1n) is 7.44. The van der Waals surface area contributed by atoms with Crippen molar-refractivity contribution in [3.8, 4) is 0 Å². The molecule has 0 radical (unpaired) electrons. The van der Waals surface area contributed by atoms with Gasteiger partial charge in [0.15, 0.2) is 0 Å². The molecule has 0 spiro atoms. The zero-order valence-electron chi connectivity index (χ0n) is 12.1. The number of benzene rings is 1. The third-order valence-corrected chi connectivity index (χ3v) is 4.42. The molecule has 100 valence electrons. The molecule has 0 heterocycles. The van der Waals surface area contributed by atoms with E-state index >= 15 is 0 Å². The summed E-state index contributed by atoms with van der Waals surface area (Å²) in [6.45, 7) is 7.80. The second-order valence-electron chi connectivity index (χ2n) is 6.11. The molecule has 0 aliphatic heterocycles. The van der Waals surface area contributed by atoms with E-state index in [0.717, 1.165) is 18.5 Å². The van der Waals surface area contributed by atoms with E-state index in [1.165, 1.54) is 48.8 Å². The van der Waals surface area contributed by atoms with Crippen molar-refractivity contribution < 1.29 is 0 Å². The van der Waals surface area contributed by atoms with E-state index in [0.29, 0.717) is 0 Å². The Kier molecular flexibility index (Phi) is 4.82. The van der Waals surface area contributed by atoms with E-state index in [-0.39, 0.29) is 0 Å². The predicted molar refractivity (Wildman–Crippen MR) is 78.8 cm³/mol. The van der Waals surface area contributed by atoms with Crippen molar-refractivity contribution in [1.29, 1.82) is 0 Å². The SMILES string of the molecule is Cc1ccc(CNC2CCCC(C)CC2)cc1C. The molecule has 1 fully saturated rings. The summed E-state index contributed by atoms with van der Waals surface area (Å²) in [5.41, 5.74) is 4.22. The van der Waals surface area contributed by atoms with Crippen LogP contribution in [0.4, 0.5) is 0 Å². The van der Waals surface area contributed by atoms with Gasteiger partial charge in [-0.25, -0.2) is 0 Å². The molecule has 2 rings (SSSR count). The van der Waals surface area contributed by atoms with Crippen LogP contribution >= 0.6 is 0 Å². The second kappa shape index (κ2) is 6.38. The van der Waals surface area contributed by atoms with Gasteiger partial charge in [0.2, 0.25) is 0 Å². The minimum absolute atomic E-state index is 0.733. The van der Waals surface area contributed by atoms with Crippen LogP contribution in [0.25, 0.3) is 0 Å². The molecule has 1 aliphatic carbocycles. The van der Waals surface area contributed by atoms with Crippen LogP contribution in [0, 0.1) is 19.8 Å². The van der Waals surface area contributed by atoms with Gasteiger partial charge in [0.25, 0.3) is 0 Å². The van der Waals surface area contributed by atoms with E-state index in [2.05, 4.69) is 44.3 Å². The Hall–Kier alpha value is -0.820. The van der Waals surface area contributed by atoms with Crippen LogP contribution in [0.1, 0.15) is 55.7 Å². The highest BCUT2D eigenvalue weighted by molar-refractivity contribution is 5.29. The second-order valence-corrected chi connectivity index (χ2v) is 6.11. The first-order valence-corrected chi connectivity index (χ1v) is 7.44. The molecule has 2 unspecified atom stereocenters. The minimum Gasteiger partial charge on any atom is -0.310 e. The zero-order valence-corrected chi connectivity index (χ0v) is 12.1. The lowest BCUT2D eigenvalue weighted by molar-refractivity contribution is 0.447. The molecule has 1 aromatic rings. The molecule has 0 aromatic heterocycles. The molecule has 0 bridgehead atoms. The summed E-state index contributed by atoms with van der Waals surface area (Å²) in [4.78, 5) is 0. The molecule has 1 nitrogen and oxygen atoms in total. The Morgan fingerprint density at radius 3 is 2.67 bits per heavy atom. The van der Waals surface area contributed by atoms with Crippen molar-refractivity contribution >= 4 is 0 Å². The molecular formula is C17H27N. The van der Waals surface area contributed by atoms with Crippen molar-refractivity contribution in [2.24, 2.45) is 5.92 Å². The lowest BCUT2D eigenvalue weighted by Crippen LogP contribution is -2.28. The minimum atomic E-state index is 0.733. The Morgan fingerprint density at radius 2 is 1.89 bits per heavy atom. The smallest absolute Gasteiger partial charge is 0.0208 e. The highest BCUT2D eigenvalue weighted by Crippen LogP contribution is 2.22. The number of hydrogen-bond donors (Lipinski definition) is 1. The Balaban J connectivity index is 1.85. The molecule has 2 atom stereocenters. The van der Waals surface area contributed by atoms with Crippen LogP contribution in [0.15, 0.2) is 18.2 Å². The summed E-state index contributed by atoms with van der Waals surface area (Å²) in [6, 6.07) is 7.55. The lowest BCUT2D eigenvalue weighted by Gasteiger charge is -2.17. The van der Waals surface area contributed by atoms with Gasteiger partial charge in [-0.15, -0.1) is 0 Å². The lowest BCUT2D eigenvalue weighted by atomic mass is 10.0. The predicted octanol–water partition coefficient (Wildman–Crippen LogP) is 4.36. The van der Waals surface area contributed by atoms with E-state index in [1.807, 2.05) is 0 Å². The van der Waals surface area contributed by atoms with E-state index < -0.39 is 0 Å². The van der Waals surface area contributed by atoms with Crippen LogP contribution in [0.5, 0.6) is 0 Å². The summed E-state index contributed by atoms with van der Waals surface area (Å²) < 4.78 is 0. The van der Waals surface area contributed by atoms with Crippen molar-refractivity contribution in [1.82, 2.24) is 5.32 Å². The maximum atomic E-state index is 3.75. The van der Waals surface area contributed by atoms with Gasteiger partial charge in [-0.2, -0.15) is 0 Å². The van der Waals surface area contributed by atoms with Gasteiger partial charge >= 0.3 is 0 Å². The standard InChI is InChI=1S/C17H27N/c1-13-5-4-6-17(10-7-13)18-12-16-9-8-14(2)15(3)11-16/h8-9,11,13,17-18H,4-7,10,12H2,1-3H3. The summed E-state index contributed by atoms with van der Waals surface area (Å²) in [7, 11) is 0. The van der Waals surface area contributed by atoms with Crippen molar-refractivity contribution in [2.45, 2.75) is 65.5 Å². The quantitative estimate of drug-likeness (QED) is 0.780. The summed E-state index contributed by atoms with van der Waals surface area (Å²) in [6.07, 6.45) is 6.92. The van der Waals surface area contributed by atoms with Gasteiger partial charge in [0.05, 0.1) is 0 Å². The average molecular weight is 245 g/mol. The molecule has 1 heteroatoms. The van der Waals surface area contributed by atoms with Gasteiger partial charge in [0.1, 0.15) is 0 Å². The van der Waals surface area contributed by atoms with Crippen LogP contribution in [0.3, 0.4) is 0 Å². The fourth-order valence-corrected chi connectivity index (χ4v) is 2.87. The first kappa shape index (κ1) is 13.6. The van der Waals surface area contributed by atoms with Gasteiger partial charge in [-0.3, -0.25) is 0 Å². The zero-order chi connectivity index (χ0) is 13.0. The van der Waals surface area contributed by atoms with E-state index in [9.17, 15) is 0 Å². The summed E-state index contributed by atoms with van der Waals surface area (Å²) >= 11 is 0. The fraction of sp³-hybridized carbons (Fsp3) is 0.647. The maximum absolute atomic E-state index is 3.75. The number of rotatable bonds is 3. The van der Waals surface area contributed by atoms with Crippen molar-refractivity contribution in [3.63, 3.8) is 0 Å². The Bertz CT molecular complexity index is 383. The van der Waals surface area contributed by atoms with Gasteiger partial charge in [-0.05, 0) is 55.7 Å². The van der Waals surface area contributed by atoms with Crippen LogP contribution in [0.2, 0.25) is 0 Å². The van der Waals surface area contributed by atoms with Crippen molar-refractivity contribution in [3.05, 3.63) is 34.9 Å². The van der Waals surface area contributed by atoms with E-state index in [1.54, 1.807) is 0 Å². The van der Waals surface area contributed by atoms with Gasteiger partial charge in [-0.1, -0.05) is 38.0 Å². The maximum Gasteiger partial charge on any atom is 0.0208 e. The Morgan fingerprint density at radius 1 is 1.06 bits per heavy atom. The fourth-order valence-electron chi connectivity index (χ4n) is 2.87. The molecule has 0 amide bonds. The van der Waals surface area contributed by atoms with Gasteiger partial charge in [0, 0.05) is 12.6 Å². The third-order valence-electron chi connectivity index (χ3n) is 4.42.